The molecule has 3 aromatic carbocycles. The summed E-state index contributed by atoms with van der Waals surface area (Å²) in [4.78, 5) is 59.1. The molecule has 3 heterocycles. The first-order chi connectivity index (χ1) is 33.1. The van der Waals surface area contributed by atoms with Crippen LogP contribution in [0.2, 0.25) is 0 Å². The number of fused-ring (bicyclic) bond motifs is 8. The summed E-state index contributed by atoms with van der Waals surface area (Å²) in [5.74, 6) is -2.97. The zero-order chi connectivity index (χ0) is 50.3. The number of hydrogen-bond acceptors (Lipinski definition) is 15. The summed E-state index contributed by atoms with van der Waals surface area (Å²) in [6, 6.07) is 23.1. The van der Waals surface area contributed by atoms with Crippen molar-refractivity contribution < 1.29 is 72.0 Å². The van der Waals surface area contributed by atoms with Crippen molar-refractivity contribution in [2.24, 2.45) is 16.7 Å². The summed E-state index contributed by atoms with van der Waals surface area (Å²) in [6.45, 7) is 17.5. The molecule has 2 saturated carbocycles. The topological polar surface area (TPSA) is 195 Å². The molecule has 0 radical (unpaired) electrons. The lowest BCUT2D eigenvalue weighted by molar-refractivity contribution is -0.361. The molecule has 2 unspecified atom stereocenters. The van der Waals surface area contributed by atoms with Crippen LogP contribution >= 0.6 is 0 Å². The van der Waals surface area contributed by atoms with Gasteiger partial charge in [-0.25, -0.2) is 14.4 Å². The molecule has 1 amide bonds. The molecule has 3 aliphatic carbocycles. The molecular formula is C54H63NO15. The van der Waals surface area contributed by atoms with Gasteiger partial charge in [-0.1, -0.05) is 88.0 Å². The van der Waals surface area contributed by atoms with Crippen molar-refractivity contribution in [3.05, 3.63) is 125 Å². The fourth-order valence-corrected chi connectivity index (χ4v) is 12.2. The van der Waals surface area contributed by atoms with E-state index in [1.165, 1.54) is 25.0 Å². The Hall–Kier alpha value is -5.62. The van der Waals surface area contributed by atoms with E-state index in [0.717, 1.165) is 0 Å². The number of hydrogen-bond donors (Lipinski definition) is 2. The van der Waals surface area contributed by atoms with E-state index in [4.69, 9.17) is 42.6 Å². The normalized spacial score (nSPS) is 36.2. The highest BCUT2D eigenvalue weighted by molar-refractivity contribution is 5.89. The van der Waals surface area contributed by atoms with Crippen LogP contribution in [0.4, 0.5) is 4.79 Å². The van der Waals surface area contributed by atoms with E-state index in [0.29, 0.717) is 28.0 Å². The highest BCUT2D eigenvalue weighted by Gasteiger charge is 2.79. The van der Waals surface area contributed by atoms with Crippen LogP contribution in [0.3, 0.4) is 0 Å². The van der Waals surface area contributed by atoms with Crippen LogP contribution in [0.5, 0.6) is 5.75 Å². The monoisotopic (exact) mass is 965 g/mol. The second-order valence-corrected chi connectivity index (χ2v) is 21.1. The smallest absolute Gasteiger partial charge is 0.413 e. The first kappa shape index (κ1) is 49.4. The molecule has 5 fully saturated rings. The maximum atomic E-state index is 15.4. The Bertz CT molecular complexity index is 2540. The number of esters is 3. The van der Waals surface area contributed by atoms with Gasteiger partial charge < -0.3 is 52.8 Å². The number of carbonyl (C=O) groups excluding carboxylic acids is 4. The predicted octanol–water partition coefficient (Wildman–Crippen LogP) is 7.08. The van der Waals surface area contributed by atoms with E-state index in [1.54, 1.807) is 127 Å². The Morgan fingerprint density at radius 2 is 1.54 bits per heavy atom. The third-order valence-corrected chi connectivity index (χ3v) is 15.6. The number of carbonyl (C=O) groups is 4. The summed E-state index contributed by atoms with van der Waals surface area (Å²) >= 11 is 0. The number of benzene rings is 3. The largest absolute Gasteiger partial charge is 0.497 e. The second-order valence-electron chi connectivity index (χ2n) is 21.1. The fraction of sp³-hybridized carbons (Fsp3) is 0.519. The van der Waals surface area contributed by atoms with Crippen LogP contribution in [0.15, 0.2) is 109 Å². The summed E-state index contributed by atoms with van der Waals surface area (Å²) in [6.07, 6.45) is -10.2. The number of nitrogens with zero attached hydrogens (tertiary/aromatic N) is 1. The number of aliphatic hydroxyl groups excluding tert-OH is 1. The first-order valence-corrected chi connectivity index (χ1v) is 23.8. The third-order valence-electron chi connectivity index (χ3n) is 15.6. The maximum Gasteiger partial charge on any atom is 0.413 e. The molecule has 14 atom stereocenters. The van der Waals surface area contributed by atoms with Gasteiger partial charge in [-0.3, -0.25) is 9.69 Å². The molecule has 9 rings (SSSR count). The zero-order valence-electron chi connectivity index (χ0n) is 41.0. The lowest BCUT2D eigenvalue weighted by Gasteiger charge is -2.68. The van der Waals surface area contributed by atoms with Gasteiger partial charge in [-0.15, -0.1) is 0 Å². The molecule has 2 N–H and O–H groups in total. The molecule has 16 nitrogen and oxygen atoms in total. The van der Waals surface area contributed by atoms with Crippen LogP contribution < -0.4 is 4.74 Å². The van der Waals surface area contributed by atoms with E-state index in [-0.39, 0.29) is 25.0 Å². The van der Waals surface area contributed by atoms with Gasteiger partial charge in [0.15, 0.2) is 24.2 Å². The Labute approximate surface area is 407 Å². The quantitative estimate of drug-likeness (QED) is 0.125. The van der Waals surface area contributed by atoms with Gasteiger partial charge in [-0.05, 0) is 74.7 Å². The number of amides is 1. The van der Waals surface area contributed by atoms with E-state index in [2.05, 4.69) is 6.58 Å². The minimum atomic E-state index is -2.18. The number of methoxy groups -OCH3 is 1. The van der Waals surface area contributed by atoms with Crippen molar-refractivity contribution in [2.45, 2.75) is 146 Å². The molecule has 0 aromatic heterocycles. The van der Waals surface area contributed by atoms with Gasteiger partial charge in [0.2, 0.25) is 0 Å². The van der Waals surface area contributed by atoms with Gasteiger partial charge in [0.25, 0.3) is 0 Å². The lowest BCUT2D eigenvalue weighted by Crippen LogP contribution is -2.82. The predicted molar refractivity (Wildman–Crippen MR) is 250 cm³/mol. The average molecular weight is 966 g/mol. The highest BCUT2D eigenvalue weighted by Crippen LogP contribution is 2.67. The zero-order valence-corrected chi connectivity index (χ0v) is 41.0. The second kappa shape index (κ2) is 17.9. The SMILES string of the molecule is C=CC1O[C@@H]2C3=C(C)[C@@H](OC(=O)C4O[C@H](c5ccc(OC)cc5)N(C(=O)OC(C)(C)C)[C@H]4c4ccccc4)C[C@@](O)([C@@H](OC(=O)c4ccccc4)[C@@H]4[C@]5(OC(C)=O)CO[C@@H]5C[C@H](O)[C@@]4(C)[C@@H]2O1)C3(C)C. The maximum absolute atomic E-state index is 15.4. The van der Waals surface area contributed by atoms with Gasteiger partial charge in [0, 0.05) is 36.2 Å². The molecule has 374 valence electrons. The van der Waals surface area contributed by atoms with Crippen molar-refractivity contribution >= 4 is 24.0 Å². The summed E-state index contributed by atoms with van der Waals surface area (Å²) < 4.78 is 57.3. The number of aliphatic hydroxyl groups is 2. The molecule has 3 aromatic rings. The Kier molecular flexibility index (Phi) is 12.6. The van der Waals surface area contributed by atoms with Crippen LogP contribution in [0, 0.1) is 16.7 Å². The van der Waals surface area contributed by atoms with E-state index < -0.39 is 119 Å². The fourth-order valence-electron chi connectivity index (χ4n) is 12.2. The van der Waals surface area contributed by atoms with E-state index in [9.17, 15) is 24.6 Å². The molecule has 2 bridgehead atoms. The van der Waals surface area contributed by atoms with Gasteiger partial charge in [0.05, 0.1) is 37.4 Å². The van der Waals surface area contributed by atoms with Gasteiger partial charge in [-0.2, -0.15) is 0 Å². The summed E-state index contributed by atoms with van der Waals surface area (Å²) in [5.41, 5.74) is -5.26. The molecule has 3 aliphatic heterocycles. The van der Waals surface area contributed by atoms with E-state index in [1.807, 2.05) is 6.07 Å². The highest BCUT2D eigenvalue weighted by atomic mass is 16.7. The summed E-state index contributed by atoms with van der Waals surface area (Å²) in [7, 11) is 1.54. The van der Waals surface area contributed by atoms with Gasteiger partial charge in [0.1, 0.15) is 47.4 Å². The van der Waals surface area contributed by atoms with Crippen LogP contribution in [0.25, 0.3) is 0 Å². The molecule has 3 saturated heterocycles. The Morgan fingerprint density at radius 3 is 2.13 bits per heavy atom. The number of ether oxygens (including phenoxy) is 9. The molecular weight excluding hydrogens is 903 g/mol. The minimum Gasteiger partial charge on any atom is -0.497 e. The van der Waals surface area contributed by atoms with Crippen molar-refractivity contribution in [3.63, 3.8) is 0 Å². The minimum absolute atomic E-state index is 0.0207. The van der Waals surface area contributed by atoms with Crippen molar-refractivity contribution in [1.82, 2.24) is 4.90 Å². The van der Waals surface area contributed by atoms with Crippen molar-refractivity contribution in [1.29, 1.82) is 0 Å². The molecule has 0 spiro atoms. The number of rotatable bonds is 9. The summed E-state index contributed by atoms with van der Waals surface area (Å²) in [5, 5.41) is 26.6. The van der Waals surface area contributed by atoms with Crippen LogP contribution in [-0.2, 0) is 47.5 Å². The molecule has 70 heavy (non-hydrogen) atoms. The van der Waals surface area contributed by atoms with E-state index >= 15 is 4.79 Å². The van der Waals surface area contributed by atoms with Crippen molar-refractivity contribution in [2.75, 3.05) is 13.7 Å². The molecule has 16 heteroatoms. The Balaban J connectivity index is 1.20. The standard InChI is InChI=1S/C54H63NO15/c1-11-38-65-41-39-29(2)35(64-48(59)42-40(31-18-14-12-15-19-31)55(49(60)70-50(4,5)6)46(67-42)32-22-24-34(62-10)25-23-32)27-54(61,51(39,7)8)45(68-47(58)33-20-16-13-17-21-33)43-52(9,44(41)66-38)36(57)26-37-53(43,28-63-37)69-30(3)56/h11-25,35-38,40-46,57,61H,1,26-28H2,2-10H3/t35-,36-,37+,38?,40-,41+,42?,43-,44+,45-,46+,52+,53-,54+/m0/s1. The van der Waals surface area contributed by atoms with Crippen molar-refractivity contribution in [3.8, 4) is 5.75 Å². The van der Waals surface area contributed by atoms with Gasteiger partial charge >= 0.3 is 24.0 Å². The average Bonchev–Trinajstić information content (AvgIpc) is 3.94. The van der Waals surface area contributed by atoms with Crippen LogP contribution in [-0.4, -0.2) is 119 Å². The third kappa shape index (κ3) is 7.91. The molecule has 6 aliphatic rings. The first-order valence-electron chi connectivity index (χ1n) is 23.8. The van der Waals surface area contributed by atoms with Crippen LogP contribution in [0.1, 0.15) is 102 Å². The lowest BCUT2D eigenvalue weighted by atomic mass is 9.44. The Morgan fingerprint density at radius 1 is 0.886 bits per heavy atom.